The molecular formula is C20H26F3NO3. The van der Waals surface area contributed by atoms with Gasteiger partial charge in [0.05, 0.1) is 19.1 Å². The van der Waals surface area contributed by atoms with E-state index in [0.29, 0.717) is 12.0 Å². The van der Waals surface area contributed by atoms with Crippen molar-refractivity contribution in [2.24, 2.45) is 0 Å². The summed E-state index contributed by atoms with van der Waals surface area (Å²) in [7, 11) is 1.25. The van der Waals surface area contributed by atoms with Gasteiger partial charge >= 0.3 is 12.1 Å². The third-order valence-corrected chi connectivity index (χ3v) is 4.12. The number of alkyl halides is 3. The van der Waals surface area contributed by atoms with Gasteiger partial charge in [-0.05, 0) is 37.0 Å². The van der Waals surface area contributed by atoms with Crippen molar-refractivity contribution in [3.63, 3.8) is 0 Å². The lowest BCUT2D eigenvalue weighted by Gasteiger charge is -2.16. The third-order valence-electron chi connectivity index (χ3n) is 4.12. The lowest BCUT2D eigenvalue weighted by Crippen LogP contribution is -2.42. The number of allylic oxidation sites excluding steroid dienone is 1. The maximum Gasteiger partial charge on any atom is 0.416 e. The molecule has 7 heteroatoms. The molecule has 0 fully saturated rings. The predicted octanol–water partition coefficient (Wildman–Crippen LogP) is 4.43. The van der Waals surface area contributed by atoms with Gasteiger partial charge in [-0.2, -0.15) is 13.2 Å². The minimum atomic E-state index is -4.41. The Hall–Kier alpha value is -2.31. The molecular weight excluding hydrogens is 359 g/mol. The maximum absolute atomic E-state index is 12.6. The summed E-state index contributed by atoms with van der Waals surface area (Å²) in [4.78, 5) is 24.0. The molecule has 4 nitrogen and oxygen atoms in total. The van der Waals surface area contributed by atoms with Crippen molar-refractivity contribution in [2.45, 2.75) is 57.2 Å². The second-order valence-electron chi connectivity index (χ2n) is 6.29. The molecule has 0 saturated heterocycles. The second-order valence-corrected chi connectivity index (χ2v) is 6.29. The van der Waals surface area contributed by atoms with Gasteiger partial charge < -0.3 is 10.1 Å². The SMILES string of the molecule is C=CCCCCCC[C@@H](NC(=O)Cc1ccc(C(F)(F)F)cc1)C(=O)OC. The van der Waals surface area contributed by atoms with E-state index < -0.39 is 29.7 Å². The topological polar surface area (TPSA) is 55.4 Å². The van der Waals surface area contributed by atoms with Crippen molar-refractivity contribution >= 4 is 11.9 Å². The van der Waals surface area contributed by atoms with E-state index in [4.69, 9.17) is 4.74 Å². The summed E-state index contributed by atoms with van der Waals surface area (Å²) < 4.78 is 42.4. The lowest BCUT2D eigenvalue weighted by molar-refractivity contribution is -0.145. The first-order chi connectivity index (χ1) is 12.8. The Bertz CT molecular complexity index is 612. The van der Waals surface area contributed by atoms with E-state index in [0.717, 1.165) is 44.2 Å². The third kappa shape index (κ3) is 8.75. The zero-order valence-electron chi connectivity index (χ0n) is 15.5. The Labute approximate surface area is 157 Å². The Morgan fingerprint density at radius 1 is 1.15 bits per heavy atom. The average molecular weight is 385 g/mol. The quantitative estimate of drug-likeness (QED) is 0.348. The molecule has 0 aromatic heterocycles. The molecule has 1 rings (SSSR count). The predicted molar refractivity (Wildman–Crippen MR) is 97.0 cm³/mol. The Balaban J connectivity index is 2.53. The van der Waals surface area contributed by atoms with Crippen LogP contribution in [0.25, 0.3) is 0 Å². The molecule has 1 atom stereocenters. The number of methoxy groups -OCH3 is 1. The van der Waals surface area contributed by atoms with Gasteiger partial charge in [0.1, 0.15) is 6.04 Å². The van der Waals surface area contributed by atoms with Crippen LogP contribution in [0.15, 0.2) is 36.9 Å². The number of rotatable bonds is 11. The number of hydrogen-bond acceptors (Lipinski definition) is 3. The minimum absolute atomic E-state index is 0.106. The van der Waals surface area contributed by atoms with Crippen molar-refractivity contribution in [2.75, 3.05) is 7.11 Å². The van der Waals surface area contributed by atoms with E-state index in [-0.39, 0.29) is 6.42 Å². The molecule has 27 heavy (non-hydrogen) atoms. The zero-order chi connectivity index (χ0) is 20.3. The van der Waals surface area contributed by atoms with Gasteiger partial charge in [-0.3, -0.25) is 4.79 Å². The van der Waals surface area contributed by atoms with Crippen LogP contribution < -0.4 is 5.32 Å². The number of ether oxygens (including phenoxy) is 1. The first-order valence-electron chi connectivity index (χ1n) is 8.92. The standard InChI is InChI=1S/C20H26F3NO3/c1-3-4-5-6-7-8-9-17(19(26)27-2)24-18(25)14-15-10-12-16(13-11-15)20(21,22)23/h3,10-13,17H,1,4-9,14H2,2H3,(H,24,25)/t17-/m1/s1. The van der Waals surface area contributed by atoms with Crippen LogP contribution in [0.5, 0.6) is 0 Å². The Morgan fingerprint density at radius 3 is 2.33 bits per heavy atom. The van der Waals surface area contributed by atoms with Crippen LogP contribution in [-0.2, 0) is 26.9 Å². The number of amides is 1. The van der Waals surface area contributed by atoms with Crippen molar-refractivity contribution < 1.29 is 27.5 Å². The second kappa shape index (κ2) is 11.4. The van der Waals surface area contributed by atoms with Gasteiger partial charge in [-0.1, -0.05) is 37.5 Å². The van der Waals surface area contributed by atoms with E-state index >= 15 is 0 Å². The number of nitrogens with one attached hydrogen (secondary N) is 1. The Morgan fingerprint density at radius 2 is 1.78 bits per heavy atom. The highest BCUT2D eigenvalue weighted by molar-refractivity contribution is 5.85. The summed E-state index contributed by atoms with van der Waals surface area (Å²) >= 11 is 0. The van der Waals surface area contributed by atoms with Gasteiger partial charge in [-0.15, -0.1) is 6.58 Å². The van der Waals surface area contributed by atoms with Gasteiger partial charge in [0, 0.05) is 0 Å². The fourth-order valence-corrected chi connectivity index (χ4v) is 2.62. The normalized spacial score (nSPS) is 12.3. The van der Waals surface area contributed by atoms with E-state index in [1.54, 1.807) is 0 Å². The molecule has 1 aromatic rings. The molecule has 0 aliphatic carbocycles. The molecule has 0 unspecified atom stereocenters. The lowest BCUT2D eigenvalue weighted by atomic mass is 10.0. The van der Waals surface area contributed by atoms with Crippen LogP contribution in [-0.4, -0.2) is 25.0 Å². The molecule has 0 radical (unpaired) electrons. The summed E-state index contributed by atoms with van der Waals surface area (Å²) in [5.41, 5.74) is -0.330. The number of esters is 1. The van der Waals surface area contributed by atoms with Gasteiger partial charge in [0.15, 0.2) is 0 Å². The fraction of sp³-hybridized carbons (Fsp3) is 0.500. The smallest absolute Gasteiger partial charge is 0.416 e. The highest BCUT2D eigenvalue weighted by Gasteiger charge is 2.30. The molecule has 0 aliphatic heterocycles. The maximum atomic E-state index is 12.6. The summed E-state index contributed by atoms with van der Waals surface area (Å²) in [6, 6.07) is 3.63. The molecule has 150 valence electrons. The number of hydrogen-bond donors (Lipinski definition) is 1. The van der Waals surface area contributed by atoms with Crippen molar-refractivity contribution in [1.82, 2.24) is 5.32 Å². The number of unbranched alkanes of at least 4 members (excludes halogenated alkanes) is 4. The molecule has 0 aliphatic rings. The molecule has 0 spiro atoms. The average Bonchev–Trinajstić information content (AvgIpc) is 2.62. The molecule has 1 amide bonds. The van der Waals surface area contributed by atoms with Crippen LogP contribution in [0.2, 0.25) is 0 Å². The molecule has 0 bridgehead atoms. The summed E-state index contributed by atoms with van der Waals surface area (Å²) in [6.45, 7) is 3.66. The zero-order valence-corrected chi connectivity index (χ0v) is 15.5. The number of benzene rings is 1. The number of halogens is 3. The molecule has 1 aromatic carbocycles. The van der Waals surface area contributed by atoms with Crippen LogP contribution >= 0.6 is 0 Å². The highest BCUT2D eigenvalue weighted by atomic mass is 19.4. The largest absolute Gasteiger partial charge is 0.467 e. The van der Waals surface area contributed by atoms with E-state index in [1.165, 1.54) is 19.2 Å². The Kier molecular flexibility index (Phi) is 9.61. The fourth-order valence-electron chi connectivity index (χ4n) is 2.62. The van der Waals surface area contributed by atoms with Crippen LogP contribution in [0.3, 0.4) is 0 Å². The molecule has 0 saturated carbocycles. The van der Waals surface area contributed by atoms with Crippen molar-refractivity contribution in [3.05, 3.63) is 48.0 Å². The van der Waals surface area contributed by atoms with Crippen molar-refractivity contribution in [1.29, 1.82) is 0 Å². The first-order valence-corrected chi connectivity index (χ1v) is 8.92. The van der Waals surface area contributed by atoms with E-state index in [9.17, 15) is 22.8 Å². The number of carbonyl (C=O) groups excluding carboxylic acids is 2. The summed E-state index contributed by atoms with van der Waals surface area (Å²) in [6.07, 6.45) is 2.48. The number of carbonyl (C=O) groups is 2. The van der Waals surface area contributed by atoms with Gasteiger partial charge in [0.2, 0.25) is 5.91 Å². The van der Waals surface area contributed by atoms with Gasteiger partial charge in [-0.25, -0.2) is 4.79 Å². The highest BCUT2D eigenvalue weighted by Crippen LogP contribution is 2.29. The summed E-state index contributed by atoms with van der Waals surface area (Å²) in [5.74, 6) is -0.960. The van der Waals surface area contributed by atoms with Gasteiger partial charge in [0.25, 0.3) is 0 Å². The first kappa shape index (κ1) is 22.7. The van der Waals surface area contributed by atoms with Crippen LogP contribution in [0, 0.1) is 0 Å². The summed E-state index contributed by atoms with van der Waals surface area (Å²) in [5, 5.41) is 2.61. The molecule has 1 N–H and O–H groups in total. The monoisotopic (exact) mass is 385 g/mol. The van der Waals surface area contributed by atoms with Crippen molar-refractivity contribution in [3.8, 4) is 0 Å². The van der Waals surface area contributed by atoms with Crippen LogP contribution in [0.1, 0.15) is 49.7 Å². The van der Waals surface area contributed by atoms with Crippen LogP contribution in [0.4, 0.5) is 13.2 Å². The van der Waals surface area contributed by atoms with E-state index in [1.807, 2.05) is 6.08 Å². The molecule has 0 heterocycles. The van der Waals surface area contributed by atoms with E-state index in [2.05, 4.69) is 11.9 Å². The minimum Gasteiger partial charge on any atom is -0.467 e.